The van der Waals surface area contributed by atoms with Gasteiger partial charge in [-0.15, -0.1) is 6.42 Å². The fourth-order valence-electron chi connectivity index (χ4n) is 2.28. The molecular formula is C19H17ClN4O4. The Morgan fingerprint density at radius 3 is 2.61 bits per heavy atom. The zero-order chi connectivity index (χ0) is 20.5. The lowest BCUT2D eigenvalue weighted by Gasteiger charge is -2.10. The number of hydrogen-bond acceptors (Lipinski definition) is 5. The summed E-state index contributed by atoms with van der Waals surface area (Å²) in [4.78, 5) is 34.4. The van der Waals surface area contributed by atoms with Gasteiger partial charge in [0, 0.05) is 23.2 Å². The first-order chi connectivity index (χ1) is 13.4. The molecule has 0 aliphatic rings. The topological polar surface area (TPSA) is 113 Å². The van der Waals surface area contributed by atoms with Crippen LogP contribution in [0.25, 0.3) is 0 Å². The van der Waals surface area contributed by atoms with E-state index in [-0.39, 0.29) is 36.6 Å². The van der Waals surface area contributed by atoms with Crippen molar-refractivity contribution in [2.75, 3.05) is 18.4 Å². The number of nitrogens with zero attached hydrogens (tertiary/aromatic N) is 1. The van der Waals surface area contributed by atoms with Gasteiger partial charge in [-0.25, -0.2) is 0 Å². The first-order valence-corrected chi connectivity index (χ1v) is 8.54. The predicted octanol–water partition coefficient (Wildman–Crippen LogP) is 2.34. The number of carbonyl (C=O) groups excluding carboxylic acids is 2. The molecule has 0 atom stereocenters. The average Bonchev–Trinajstić information content (AvgIpc) is 2.69. The molecule has 0 saturated carbocycles. The molecule has 2 aromatic carbocycles. The van der Waals surface area contributed by atoms with Crippen molar-refractivity contribution in [3.63, 3.8) is 0 Å². The standard InChI is InChI=1S/C19H17ClN4O4/c1-2-9-21-18(25)12-23-19(26)13-7-8-16(17(10-13)24(27)28)22-11-14-5-3-4-6-15(14)20/h1,3-8,10,22H,9,11-12H2,(H,21,25)(H,23,26). The number of amides is 2. The highest BCUT2D eigenvalue weighted by Gasteiger charge is 2.18. The maximum atomic E-state index is 12.1. The summed E-state index contributed by atoms with van der Waals surface area (Å²) in [6.07, 6.45) is 5.02. The van der Waals surface area contributed by atoms with Crippen molar-refractivity contribution in [1.29, 1.82) is 0 Å². The van der Waals surface area contributed by atoms with E-state index in [0.29, 0.717) is 5.02 Å². The first kappa shape index (κ1) is 20.7. The summed E-state index contributed by atoms with van der Waals surface area (Å²) in [7, 11) is 0. The van der Waals surface area contributed by atoms with Crippen LogP contribution in [0, 0.1) is 22.5 Å². The number of terminal acetylenes is 1. The highest BCUT2D eigenvalue weighted by Crippen LogP contribution is 2.27. The Balaban J connectivity index is 2.08. The molecule has 144 valence electrons. The highest BCUT2D eigenvalue weighted by atomic mass is 35.5. The number of halogens is 1. The van der Waals surface area contributed by atoms with Crippen LogP contribution >= 0.6 is 11.6 Å². The SMILES string of the molecule is C#CCNC(=O)CNC(=O)c1ccc(NCc2ccccc2Cl)c([N+](=O)[O-])c1. The van der Waals surface area contributed by atoms with Crippen LogP contribution < -0.4 is 16.0 Å². The van der Waals surface area contributed by atoms with Crippen LogP contribution in [-0.2, 0) is 11.3 Å². The second-order valence-electron chi connectivity index (χ2n) is 5.60. The van der Waals surface area contributed by atoms with Crippen molar-refractivity contribution in [1.82, 2.24) is 10.6 Å². The Morgan fingerprint density at radius 2 is 1.93 bits per heavy atom. The number of nitro benzene ring substituents is 1. The molecule has 0 heterocycles. The highest BCUT2D eigenvalue weighted by molar-refractivity contribution is 6.31. The predicted molar refractivity (Wildman–Crippen MR) is 106 cm³/mol. The maximum Gasteiger partial charge on any atom is 0.293 e. The van der Waals surface area contributed by atoms with Gasteiger partial charge in [-0.3, -0.25) is 19.7 Å². The third kappa shape index (κ3) is 5.72. The van der Waals surface area contributed by atoms with Crippen molar-refractivity contribution in [2.24, 2.45) is 0 Å². The minimum Gasteiger partial charge on any atom is -0.375 e. The van der Waals surface area contributed by atoms with E-state index in [0.717, 1.165) is 11.6 Å². The van der Waals surface area contributed by atoms with Crippen LogP contribution in [0.5, 0.6) is 0 Å². The number of hydrogen-bond donors (Lipinski definition) is 3. The lowest BCUT2D eigenvalue weighted by Crippen LogP contribution is -2.37. The van der Waals surface area contributed by atoms with Gasteiger partial charge in [-0.05, 0) is 23.8 Å². The second kappa shape index (κ2) is 9.94. The van der Waals surface area contributed by atoms with E-state index < -0.39 is 16.7 Å². The second-order valence-corrected chi connectivity index (χ2v) is 6.00. The molecule has 0 spiro atoms. The molecule has 0 unspecified atom stereocenters. The van der Waals surface area contributed by atoms with Crippen LogP contribution in [0.15, 0.2) is 42.5 Å². The summed E-state index contributed by atoms with van der Waals surface area (Å²) in [6, 6.07) is 11.1. The quantitative estimate of drug-likeness (QED) is 0.357. The molecule has 0 bridgehead atoms. The number of benzene rings is 2. The van der Waals surface area contributed by atoms with Gasteiger partial charge in [0.25, 0.3) is 11.6 Å². The van der Waals surface area contributed by atoms with E-state index in [4.69, 9.17) is 18.0 Å². The Bertz CT molecular complexity index is 940. The monoisotopic (exact) mass is 400 g/mol. The summed E-state index contributed by atoms with van der Waals surface area (Å²) in [5.41, 5.74) is 0.808. The molecule has 0 aliphatic heterocycles. The largest absolute Gasteiger partial charge is 0.375 e. The molecule has 8 nitrogen and oxygen atoms in total. The summed E-state index contributed by atoms with van der Waals surface area (Å²) >= 11 is 6.08. The van der Waals surface area contributed by atoms with Crippen molar-refractivity contribution < 1.29 is 14.5 Å². The molecule has 9 heteroatoms. The Hall–Kier alpha value is -3.57. The first-order valence-electron chi connectivity index (χ1n) is 8.16. The van der Waals surface area contributed by atoms with Crippen LogP contribution in [-0.4, -0.2) is 29.8 Å². The molecule has 0 aliphatic carbocycles. The fourth-order valence-corrected chi connectivity index (χ4v) is 2.48. The van der Waals surface area contributed by atoms with E-state index in [9.17, 15) is 19.7 Å². The van der Waals surface area contributed by atoms with E-state index >= 15 is 0 Å². The van der Waals surface area contributed by atoms with E-state index in [2.05, 4.69) is 21.9 Å². The molecule has 3 N–H and O–H groups in total. The van der Waals surface area contributed by atoms with Crippen molar-refractivity contribution in [3.8, 4) is 12.3 Å². The average molecular weight is 401 g/mol. The Morgan fingerprint density at radius 1 is 1.18 bits per heavy atom. The third-order valence-electron chi connectivity index (χ3n) is 3.68. The van der Waals surface area contributed by atoms with Gasteiger partial charge in [-0.1, -0.05) is 35.7 Å². The van der Waals surface area contributed by atoms with Crippen molar-refractivity contribution in [2.45, 2.75) is 6.54 Å². The minimum atomic E-state index is -0.614. The molecule has 0 fully saturated rings. The van der Waals surface area contributed by atoms with Crippen LogP contribution in [0.1, 0.15) is 15.9 Å². The normalized spacial score (nSPS) is 9.86. The molecule has 2 aromatic rings. The van der Waals surface area contributed by atoms with Crippen LogP contribution in [0.3, 0.4) is 0 Å². The smallest absolute Gasteiger partial charge is 0.293 e. The number of nitrogens with one attached hydrogen (secondary N) is 3. The van der Waals surface area contributed by atoms with Gasteiger partial charge in [0.2, 0.25) is 5.91 Å². The van der Waals surface area contributed by atoms with Crippen molar-refractivity contribution in [3.05, 3.63) is 68.7 Å². The third-order valence-corrected chi connectivity index (χ3v) is 4.05. The number of rotatable bonds is 8. The summed E-state index contributed by atoms with van der Waals surface area (Å²) < 4.78 is 0. The summed E-state index contributed by atoms with van der Waals surface area (Å²) in [5, 5.41) is 19.6. The van der Waals surface area contributed by atoms with Crippen molar-refractivity contribution >= 4 is 34.8 Å². The maximum absolute atomic E-state index is 12.1. The van der Waals surface area contributed by atoms with E-state index in [1.165, 1.54) is 12.1 Å². The van der Waals surface area contributed by atoms with Gasteiger partial charge < -0.3 is 16.0 Å². The Kier molecular flexibility index (Phi) is 7.37. The van der Waals surface area contributed by atoms with E-state index in [1.807, 2.05) is 6.07 Å². The van der Waals surface area contributed by atoms with Gasteiger partial charge in [0.05, 0.1) is 18.0 Å². The molecule has 28 heavy (non-hydrogen) atoms. The molecular weight excluding hydrogens is 384 g/mol. The van der Waals surface area contributed by atoms with Gasteiger partial charge in [0.1, 0.15) is 5.69 Å². The molecule has 2 rings (SSSR count). The fraction of sp³-hybridized carbons (Fsp3) is 0.158. The van der Waals surface area contributed by atoms with Crippen LogP contribution in [0.4, 0.5) is 11.4 Å². The van der Waals surface area contributed by atoms with Crippen LogP contribution in [0.2, 0.25) is 5.02 Å². The molecule has 0 saturated heterocycles. The van der Waals surface area contributed by atoms with Gasteiger partial charge in [-0.2, -0.15) is 0 Å². The van der Waals surface area contributed by atoms with E-state index in [1.54, 1.807) is 18.2 Å². The molecule has 2 amide bonds. The number of anilines is 1. The molecule has 0 radical (unpaired) electrons. The number of nitro groups is 1. The van der Waals surface area contributed by atoms with Gasteiger partial charge in [0.15, 0.2) is 0 Å². The minimum absolute atomic E-state index is 0.0476. The number of carbonyl (C=O) groups is 2. The zero-order valence-electron chi connectivity index (χ0n) is 14.7. The zero-order valence-corrected chi connectivity index (χ0v) is 15.5. The lowest BCUT2D eigenvalue weighted by atomic mass is 10.1. The summed E-state index contributed by atoms with van der Waals surface area (Å²) in [6.45, 7) is 0.0359. The molecule has 0 aromatic heterocycles. The summed E-state index contributed by atoms with van der Waals surface area (Å²) in [5.74, 6) is 1.16. The Labute approximate surface area is 166 Å². The van der Waals surface area contributed by atoms with Gasteiger partial charge >= 0.3 is 0 Å². The lowest BCUT2D eigenvalue weighted by molar-refractivity contribution is -0.384.